The summed E-state index contributed by atoms with van der Waals surface area (Å²) in [6.45, 7) is 6.50. The van der Waals surface area contributed by atoms with Crippen LogP contribution in [0.4, 0.5) is 0 Å². The van der Waals surface area contributed by atoms with Gasteiger partial charge in [-0.05, 0) is 35.8 Å². The smallest absolute Gasteiger partial charge is 0.328 e. The van der Waals surface area contributed by atoms with E-state index in [-0.39, 0.29) is 83.2 Å². The van der Waals surface area contributed by atoms with E-state index in [1.54, 1.807) is 18.3 Å². The van der Waals surface area contributed by atoms with Crippen molar-refractivity contribution in [3.63, 3.8) is 0 Å². The van der Waals surface area contributed by atoms with Crippen LogP contribution in [-0.2, 0) is 88.3 Å². The number of rotatable bonds is 27. The lowest BCUT2D eigenvalue weighted by Crippen LogP contribution is -2.53. The highest BCUT2D eigenvalue weighted by Gasteiger charge is 2.44. The van der Waals surface area contributed by atoms with Crippen LogP contribution in [0, 0.1) is 17.8 Å². The number of carbonyl (C=O) groups excluding carboxylic acids is 6. The van der Waals surface area contributed by atoms with Crippen molar-refractivity contribution in [2.24, 2.45) is 17.8 Å². The third kappa shape index (κ3) is 18.8. The van der Waals surface area contributed by atoms with Crippen LogP contribution in [0.2, 0.25) is 0 Å². The fraction of sp³-hybridized carbons (Fsp3) is 0.600. The number of benzene rings is 2. The molecule has 2 amide bonds. The van der Waals surface area contributed by atoms with Crippen LogP contribution in [-0.4, -0.2) is 101 Å². The first kappa shape index (κ1) is 53.2. The Labute approximate surface area is 398 Å². The van der Waals surface area contributed by atoms with Crippen molar-refractivity contribution in [2.75, 3.05) is 19.8 Å². The van der Waals surface area contributed by atoms with E-state index in [2.05, 4.69) is 20.9 Å². The molecule has 18 nitrogen and oxygen atoms in total. The van der Waals surface area contributed by atoms with Gasteiger partial charge in [0, 0.05) is 32.6 Å². The van der Waals surface area contributed by atoms with Gasteiger partial charge in [-0.15, -0.1) is 5.10 Å². The number of amides is 2. The van der Waals surface area contributed by atoms with Crippen LogP contribution in [0.1, 0.15) is 115 Å². The number of nitrogens with zero attached hydrogens (tertiary/aromatic N) is 3. The molecule has 1 saturated carbocycles. The molecule has 18 heteroatoms. The van der Waals surface area contributed by atoms with Gasteiger partial charge in [0.05, 0.1) is 38.7 Å². The van der Waals surface area contributed by atoms with Gasteiger partial charge in [-0.3, -0.25) is 24.0 Å². The fourth-order valence-electron chi connectivity index (χ4n) is 8.26. The van der Waals surface area contributed by atoms with Crippen molar-refractivity contribution in [3.05, 3.63) is 83.7 Å². The highest BCUT2D eigenvalue weighted by molar-refractivity contribution is 5.91. The minimum absolute atomic E-state index is 0.0282. The maximum absolute atomic E-state index is 14.0. The van der Waals surface area contributed by atoms with E-state index < -0.39 is 60.4 Å². The van der Waals surface area contributed by atoms with Crippen molar-refractivity contribution in [1.29, 1.82) is 0 Å². The Kier molecular flexibility index (Phi) is 22.4. The molecule has 2 N–H and O–H groups in total. The molecule has 1 saturated heterocycles. The minimum Gasteiger partial charge on any atom is -0.463 e. The lowest BCUT2D eigenvalue weighted by Gasteiger charge is -2.43. The summed E-state index contributed by atoms with van der Waals surface area (Å²) in [6.07, 6.45) is 8.28. The van der Waals surface area contributed by atoms with E-state index in [4.69, 9.17) is 33.2 Å². The molecule has 1 aromatic heterocycles. The normalized spacial score (nSPS) is 20.3. The molecular formula is C50H69N5O13. The molecular weight excluding hydrogens is 879 g/mol. The molecule has 2 aliphatic rings. The Hall–Kier alpha value is -5.72. The van der Waals surface area contributed by atoms with Gasteiger partial charge in [0.2, 0.25) is 11.8 Å². The number of esters is 4. The number of aromatic nitrogens is 3. The maximum Gasteiger partial charge on any atom is 0.328 e. The van der Waals surface area contributed by atoms with Crippen molar-refractivity contribution in [3.8, 4) is 0 Å². The SMILES string of the molecule is CC(=O)OCC1O[C@@H](OCCn2cc(COC[C@H](NC(=O)CCCCC3CCCCC3)C(=O)N[C@H](CCC(=O)OCc3ccccc3)C(=O)OCc3ccccc3)nn2)C(OC(C)=O)[C@@H](C)[C@@H]1C. The predicted octanol–water partition coefficient (Wildman–Crippen LogP) is 5.68. The van der Waals surface area contributed by atoms with E-state index in [0.29, 0.717) is 18.0 Å². The average molecular weight is 948 g/mol. The van der Waals surface area contributed by atoms with E-state index >= 15 is 0 Å². The van der Waals surface area contributed by atoms with Crippen LogP contribution in [0.5, 0.6) is 0 Å². The van der Waals surface area contributed by atoms with Crippen molar-refractivity contribution < 1.29 is 61.9 Å². The van der Waals surface area contributed by atoms with Crippen LogP contribution >= 0.6 is 0 Å². The molecule has 2 unspecified atom stereocenters. The second-order valence-electron chi connectivity index (χ2n) is 17.7. The predicted molar refractivity (Wildman–Crippen MR) is 245 cm³/mol. The third-order valence-corrected chi connectivity index (χ3v) is 12.3. The van der Waals surface area contributed by atoms with E-state index in [9.17, 15) is 28.8 Å². The molecule has 2 fully saturated rings. The number of hydrogen-bond donors (Lipinski definition) is 2. The molecule has 2 aromatic carbocycles. The average Bonchev–Trinajstić information content (AvgIpc) is 3.79. The second-order valence-corrected chi connectivity index (χ2v) is 17.7. The number of hydrogen-bond acceptors (Lipinski definition) is 15. The van der Waals surface area contributed by atoms with Gasteiger partial charge in [-0.2, -0.15) is 0 Å². The third-order valence-electron chi connectivity index (χ3n) is 12.3. The van der Waals surface area contributed by atoms with Gasteiger partial charge in [-0.1, -0.05) is 125 Å². The molecule has 0 radical (unpaired) electrons. The molecule has 0 spiro atoms. The summed E-state index contributed by atoms with van der Waals surface area (Å²) in [7, 11) is 0. The number of ether oxygens (including phenoxy) is 7. The van der Waals surface area contributed by atoms with Crippen LogP contribution < -0.4 is 10.6 Å². The first-order valence-corrected chi connectivity index (χ1v) is 23.9. The first-order chi connectivity index (χ1) is 32.8. The van der Waals surface area contributed by atoms with Gasteiger partial charge in [0.15, 0.2) is 12.4 Å². The first-order valence-electron chi connectivity index (χ1n) is 23.9. The van der Waals surface area contributed by atoms with Crippen molar-refractivity contribution in [1.82, 2.24) is 25.6 Å². The van der Waals surface area contributed by atoms with Crippen LogP contribution in [0.15, 0.2) is 66.9 Å². The second kappa shape index (κ2) is 28.6. The monoisotopic (exact) mass is 947 g/mol. The summed E-state index contributed by atoms with van der Waals surface area (Å²) >= 11 is 0. The zero-order chi connectivity index (χ0) is 48.7. The van der Waals surface area contributed by atoms with Crippen LogP contribution in [0.25, 0.3) is 0 Å². The number of unbranched alkanes of at least 4 members (excludes halogenated alkanes) is 1. The highest BCUT2D eigenvalue weighted by Crippen LogP contribution is 2.34. The number of carbonyl (C=O) groups is 6. The molecule has 3 aromatic rings. The molecule has 2 heterocycles. The molecule has 1 aliphatic carbocycles. The summed E-state index contributed by atoms with van der Waals surface area (Å²) in [6, 6.07) is 15.8. The molecule has 7 atom stereocenters. The van der Waals surface area contributed by atoms with Gasteiger partial charge >= 0.3 is 23.9 Å². The molecule has 68 heavy (non-hydrogen) atoms. The van der Waals surface area contributed by atoms with Crippen molar-refractivity contribution >= 4 is 35.7 Å². The Morgan fingerprint density at radius 2 is 1.47 bits per heavy atom. The van der Waals surface area contributed by atoms with Crippen molar-refractivity contribution in [2.45, 2.75) is 155 Å². The summed E-state index contributed by atoms with van der Waals surface area (Å²) in [4.78, 5) is 77.2. The Morgan fingerprint density at radius 3 is 2.15 bits per heavy atom. The molecule has 372 valence electrons. The largest absolute Gasteiger partial charge is 0.463 e. The lowest BCUT2D eigenvalue weighted by molar-refractivity contribution is -0.280. The minimum atomic E-state index is -1.25. The standard InChI is InChI=1S/C50H69N5O13/c1-34-35(2)47(67-37(4)57)50(68-44(34)33-64-36(3)56)63-27-26-55-28-41(53-54-55)31-62-32-43(51-45(58)23-15-14-18-38-16-8-5-9-17-38)48(60)52-42(49(61)66-30-40-21-12-7-13-22-40)24-25-46(59)65-29-39-19-10-6-11-20-39/h6-7,10-13,19-22,28,34-35,38,42-44,47,50H,5,8-9,14-18,23-27,29-33H2,1-4H3,(H,51,58)(H,52,60)/t34-,35-,42+,43-,44?,47?,50+/m0/s1. The van der Waals surface area contributed by atoms with Gasteiger partial charge in [-0.25, -0.2) is 9.48 Å². The highest BCUT2D eigenvalue weighted by atomic mass is 16.7. The fourth-order valence-corrected chi connectivity index (χ4v) is 8.26. The van der Waals surface area contributed by atoms with E-state index in [0.717, 1.165) is 24.0 Å². The quantitative estimate of drug-likeness (QED) is 0.0533. The van der Waals surface area contributed by atoms with Gasteiger partial charge in [0.1, 0.15) is 37.6 Å². The topological polar surface area (TPSA) is 222 Å². The lowest BCUT2D eigenvalue weighted by atomic mass is 9.83. The summed E-state index contributed by atoms with van der Waals surface area (Å²) in [5, 5.41) is 13.9. The molecule has 5 rings (SSSR count). The number of nitrogens with one attached hydrogen (secondary N) is 2. The maximum atomic E-state index is 14.0. The van der Waals surface area contributed by atoms with Gasteiger partial charge in [0.25, 0.3) is 0 Å². The summed E-state index contributed by atoms with van der Waals surface area (Å²) in [5.41, 5.74) is 1.96. The Balaban J connectivity index is 1.19. The van der Waals surface area contributed by atoms with Crippen LogP contribution in [0.3, 0.4) is 0 Å². The Bertz CT molecular complexity index is 2030. The van der Waals surface area contributed by atoms with E-state index in [1.807, 2.05) is 62.4 Å². The molecule has 0 bridgehead atoms. The molecule has 1 aliphatic heterocycles. The summed E-state index contributed by atoms with van der Waals surface area (Å²) in [5.74, 6) is -2.85. The zero-order valence-corrected chi connectivity index (χ0v) is 39.8. The Morgan fingerprint density at radius 1 is 0.779 bits per heavy atom. The van der Waals surface area contributed by atoms with E-state index in [1.165, 1.54) is 50.6 Å². The summed E-state index contributed by atoms with van der Waals surface area (Å²) < 4.78 is 41.5. The zero-order valence-electron chi connectivity index (χ0n) is 39.8. The van der Waals surface area contributed by atoms with Gasteiger partial charge < -0.3 is 43.8 Å².